The van der Waals surface area contributed by atoms with Crippen LogP contribution >= 0.6 is 32.3 Å². The predicted octanol–water partition coefficient (Wildman–Crippen LogP) is 5.13. The molecule has 0 aromatic rings. The van der Waals surface area contributed by atoms with E-state index in [-0.39, 0.29) is 40.8 Å². The minimum atomic E-state index is -0.529. The largest absolute Gasteiger partial charge is 0.460 e. The molecular formula is C21H36Br2N2O4. The Morgan fingerprint density at radius 2 is 1.07 bits per heavy atom. The van der Waals surface area contributed by atoms with Gasteiger partial charge in [0.1, 0.15) is 18.6 Å². The molecule has 2 aliphatic heterocycles. The number of rotatable bonds is 4. The molecule has 8 heteroatoms. The Morgan fingerprint density at radius 1 is 0.759 bits per heavy atom. The molecule has 2 fully saturated rings. The average molecular weight is 540 g/mol. The highest BCUT2D eigenvalue weighted by Crippen LogP contribution is 2.43. The predicted molar refractivity (Wildman–Crippen MR) is 121 cm³/mol. The van der Waals surface area contributed by atoms with Crippen LogP contribution in [0, 0.1) is 0 Å². The number of halogens is 2. The number of hydrogen-bond acceptors (Lipinski definition) is 6. The van der Waals surface area contributed by atoms with Crippen LogP contribution in [0.2, 0.25) is 0 Å². The van der Waals surface area contributed by atoms with Gasteiger partial charge in [-0.3, -0.25) is 9.59 Å². The second kappa shape index (κ2) is 8.40. The molecule has 2 rings (SSSR count). The van der Waals surface area contributed by atoms with Crippen molar-refractivity contribution in [1.82, 2.24) is 7.85 Å². The second-order valence-electron chi connectivity index (χ2n) is 10.7. The molecule has 168 valence electrons. The third-order valence-corrected chi connectivity index (χ3v) is 10.3. The molecule has 29 heavy (non-hydrogen) atoms. The fraction of sp³-hybridized carbons (Fsp3) is 0.905. The highest BCUT2D eigenvalue weighted by molar-refractivity contribution is 9.07. The van der Waals surface area contributed by atoms with E-state index in [1.54, 1.807) is 0 Å². The Morgan fingerprint density at radius 3 is 1.38 bits per heavy atom. The molecule has 0 bridgehead atoms. The number of carbonyl (C=O) groups excluding carboxylic acids is 2. The van der Waals surface area contributed by atoms with Crippen LogP contribution in [0.3, 0.4) is 0 Å². The quantitative estimate of drug-likeness (QED) is 0.280. The molecule has 6 nitrogen and oxygen atoms in total. The van der Waals surface area contributed by atoms with Gasteiger partial charge in [0.2, 0.25) is 0 Å². The summed E-state index contributed by atoms with van der Waals surface area (Å²) in [5, 5.41) is 0. The second-order valence-corrected chi connectivity index (χ2v) is 12.1. The molecule has 0 radical (unpaired) electrons. The molecule has 2 heterocycles. The summed E-state index contributed by atoms with van der Waals surface area (Å²) in [6.45, 7) is 16.8. The van der Waals surface area contributed by atoms with Crippen LogP contribution in [0.4, 0.5) is 0 Å². The zero-order chi connectivity index (χ0) is 22.4. The van der Waals surface area contributed by atoms with Gasteiger partial charge in [-0.05, 0) is 81.1 Å². The standard InChI is InChI=1S/C21H36Br2N2O4/c1-18(2)11-9-14(20(5,6)24(18)22)28-16(26)13-17(27)29-15-10-12-19(3,4)25(23)21(15,7)8/h14-15H,9-13H2,1-8H3. The van der Waals surface area contributed by atoms with E-state index in [1.165, 1.54) is 0 Å². The minimum absolute atomic E-state index is 0.0345. The fourth-order valence-corrected chi connectivity index (χ4v) is 5.42. The zero-order valence-electron chi connectivity index (χ0n) is 19.0. The first-order chi connectivity index (χ1) is 13.0. The molecule has 0 spiro atoms. The Balaban J connectivity index is 1.94. The average Bonchev–Trinajstić information content (AvgIpc) is 2.58. The topological polar surface area (TPSA) is 59.1 Å². The Labute approximate surface area is 192 Å². The first-order valence-electron chi connectivity index (χ1n) is 10.3. The van der Waals surface area contributed by atoms with Crippen LogP contribution in [0.5, 0.6) is 0 Å². The third kappa shape index (κ3) is 5.18. The number of carbonyl (C=O) groups is 2. The normalized spacial score (nSPS) is 31.1. The Bertz CT molecular complexity index is 595. The van der Waals surface area contributed by atoms with Gasteiger partial charge < -0.3 is 9.47 Å². The van der Waals surface area contributed by atoms with Gasteiger partial charge in [-0.25, -0.2) is 7.85 Å². The molecule has 0 aromatic carbocycles. The van der Waals surface area contributed by atoms with Gasteiger partial charge in [0.15, 0.2) is 0 Å². The van der Waals surface area contributed by atoms with Crippen molar-refractivity contribution in [3.05, 3.63) is 0 Å². The van der Waals surface area contributed by atoms with Gasteiger partial charge in [-0.1, -0.05) is 0 Å². The first-order valence-corrected chi connectivity index (χ1v) is 11.7. The van der Waals surface area contributed by atoms with Crippen molar-refractivity contribution in [1.29, 1.82) is 0 Å². The van der Waals surface area contributed by atoms with E-state index >= 15 is 0 Å². The Hall–Kier alpha value is -0.180. The molecule has 0 saturated carbocycles. The summed E-state index contributed by atoms with van der Waals surface area (Å²) >= 11 is 7.29. The van der Waals surface area contributed by atoms with E-state index < -0.39 is 11.9 Å². The summed E-state index contributed by atoms with van der Waals surface area (Å²) in [5.41, 5.74) is -0.829. The van der Waals surface area contributed by atoms with Gasteiger partial charge in [-0.15, -0.1) is 0 Å². The molecule has 2 aliphatic rings. The van der Waals surface area contributed by atoms with Gasteiger partial charge in [0, 0.05) is 43.4 Å². The summed E-state index contributed by atoms with van der Waals surface area (Å²) in [6, 6.07) is 0. The first kappa shape index (κ1) is 25.1. The van der Waals surface area contributed by atoms with Gasteiger partial charge in [0.05, 0.1) is 11.1 Å². The van der Waals surface area contributed by atoms with Gasteiger partial charge in [0.25, 0.3) is 0 Å². The third-order valence-electron chi connectivity index (χ3n) is 6.52. The maximum atomic E-state index is 12.5. The lowest BCUT2D eigenvalue weighted by atomic mass is 9.80. The van der Waals surface area contributed by atoms with Crippen LogP contribution in [0.1, 0.15) is 87.5 Å². The Kier molecular flexibility index (Phi) is 7.26. The lowest BCUT2D eigenvalue weighted by Crippen LogP contribution is -2.61. The molecule has 2 saturated heterocycles. The SMILES string of the molecule is CC1(C)CCC(OC(=O)CC(=O)OC2CCC(C)(C)N(Br)C2(C)C)C(C)(C)N1Br. The summed E-state index contributed by atoms with van der Waals surface area (Å²) in [5.74, 6) is -1.06. The molecular weight excluding hydrogens is 504 g/mol. The molecule has 2 atom stereocenters. The monoisotopic (exact) mass is 538 g/mol. The van der Waals surface area contributed by atoms with Gasteiger partial charge >= 0.3 is 11.9 Å². The summed E-state index contributed by atoms with van der Waals surface area (Å²) < 4.78 is 15.6. The number of hydrogen-bond donors (Lipinski definition) is 0. The van der Waals surface area contributed by atoms with Crippen LogP contribution in [-0.2, 0) is 19.1 Å². The molecule has 0 amide bonds. The number of piperidine rings is 2. The zero-order valence-corrected chi connectivity index (χ0v) is 22.1. The lowest BCUT2D eigenvalue weighted by molar-refractivity contribution is -0.172. The summed E-state index contributed by atoms with van der Waals surface area (Å²) in [4.78, 5) is 24.9. The smallest absolute Gasteiger partial charge is 0.317 e. The van der Waals surface area contributed by atoms with E-state index in [1.807, 2.05) is 27.7 Å². The summed E-state index contributed by atoms with van der Waals surface area (Å²) in [6.07, 6.45) is 2.34. The van der Waals surface area contributed by atoms with E-state index in [2.05, 4.69) is 67.8 Å². The van der Waals surface area contributed by atoms with Crippen molar-refractivity contribution in [3.8, 4) is 0 Å². The van der Waals surface area contributed by atoms with Crippen molar-refractivity contribution in [2.24, 2.45) is 0 Å². The number of nitrogens with zero attached hydrogens (tertiary/aromatic N) is 2. The van der Waals surface area contributed by atoms with E-state index in [9.17, 15) is 9.59 Å². The van der Waals surface area contributed by atoms with Crippen molar-refractivity contribution in [2.75, 3.05) is 0 Å². The van der Waals surface area contributed by atoms with Crippen molar-refractivity contribution >= 4 is 44.2 Å². The van der Waals surface area contributed by atoms with Crippen LogP contribution in [0.15, 0.2) is 0 Å². The van der Waals surface area contributed by atoms with E-state index in [0.29, 0.717) is 0 Å². The van der Waals surface area contributed by atoms with E-state index in [4.69, 9.17) is 9.47 Å². The molecule has 0 aliphatic carbocycles. The molecule has 2 unspecified atom stereocenters. The molecule has 0 aromatic heterocycles. The highest BCUT2D eigenvalue weighted by Gasteiger charge is 2.49. The maximum Gasteiger partial charge on any atom is 0.317 e. The van der Waals surface area contributed by atoms with Crippen LogP contribution in [-0.4, -0.2) is 54.2 Å². The van der Waals surface area contributed by atoms with Gasteiger partial charge in [-0.2, -0.15) is 0 Å². The van der Waals surface area contributed by atoms with Crippen LogP contribution < -0.4 is 0 Å². The van der Waals surface area contributed by atoms with Crippen molar-refractivity contribution < 1.29 is 19.1 Å². The maximum absolute atomic E-state index is 12.5. The number of ether oxygens (including phenoxy) is 2. The van der Waals surface area contributed by atoms with Crippen molar-refractivity contribution in [3.63, 3.8) is 0 Å². The van der Waals surface area contributed by atoms with E-state index in [0.717, 1.165) is 25.7 Å². The van der Waals surface area contributed by atoms with Crippen molar-refractivity contribution in [2.45, 2.75) is 122 Å². The highest BCUT2D eigenvalue weighted by atomic mass is 79.9. The lowest BCUT2D eigenvalue weighted by Gasteiger charge is -2.52. The molecule has 0 N–H and O–H groups in total. The minimum Gasteiger partial charge on any atom is -0.460 e. The number of esters is 2. The summed E-state index contributed by atoms with van der Waals surface area (Å²) in [7, 11) is 0. The van der Waals surface area contributed by atoms with Crippen LogP contribution in [0.25, 0.3) is 0 Å². The fourth-order valence-electron chi connectivity index (χ4n) is 4.61.